The number of hydrogen-bond acceptors (Lipinski definition) is 3. The summed E-state index contributed by atoms with van der Waals surface area (Å²) in [4.78, 5) is 11.9. The lowest BCUT2D eigenvalue weighted by Crippen LogP contribution is -2.21. The topological polar surface area (TPSA) is 61.1 Å². The number of benzene rings is 1. The molecule has 0 aliphatic rings. The highest BCUT2D eigenvalue weighted by Crippen LogP contribution is 2.30. The molecule has 1 aromatic heterocycles. The van der Waals surface area contributed by atoms with Crippen molar-refractivity contribution in [3.05, 3.63) is 34.2 Å². The predicted octanol–water partition coefficient (Wildman–Crippen LogP) is 1.59. The van der Waals surface area contributed by atoms with Crippen LogP contribution in [0.2, 0.25) is 0 Å². The number of hydrogen-bond donors (Lipinski definition) is 0. The van der Waals surface area contributed by atoms with Crippen molar-refractivity contribution in [2.45, 2.75) is 17.6 Å². The fourth-order valence-corrected chi connectivity index (χ4v) is 3.47. The Bertz CT molecular complexity index is 820. The quantitative estimate of drug-likeness (QED) is 0.808. The summed E-state index contributed by atoms with van der Waals surface area (Å²) in [7, 11) is 0.152. The maximum atomic E-state index is 11.9. The molecule has 0 radical (unpaired) electrons. The number of alkyl halides is 1. The molecule has 2 atom stereocenters. The Labute approximate surface area is 122 Å². The highest BCUT2D eigenvalue weighted by Gasteiger charge is 2.26. The summed E-state index contributed by atoms with van der Waals surface area (Å²) in [6, 6.07) is 5.33. The van der Waals surface area contributed by atoms with Crippen molar-refractivity contribution in [3.63, 3.8) is 0 Å². The fraction of sp³-hybridized carbons (Fsp3) is 0.462. The van der Waals surface area contributed by atoms with Crippen LogP contribution in [0.1, 0.15) is 17.9 Å². The Balaban J connectivity index is 2.58. The fourth-order valence-electron chi connectivity index (χ4n) is 2.18. The van der Waals surface area contributed by atoms with E-state index in [0.29, 0.717) is 5.56 Å². The van der Waals surface area contributed by atoms with E-state index in [1.807, 2.05) is 0 Å². The zero-order valence-electron chi connectivity index (χ0n) is 11.8. The molecule has 2 aromatic rings. The van der Waals surface area contributed by atoms with Gasteiger partial charge >= 0.3 is 5.69 Å². The maximum Gasteiger partial charge on any atom is 0.328 e. The highest BCUT2D eigenvalue weighted by molar-refractivity contribution is 7.91. The van der Waals surface area contributed by atoms with Crippen LogP contribution in [0.5, 0.6) is 0 Å². The number of fused-ring (bicyclic) bond motifs is 1. The summed E-state index contributed by atoms with van der Waals surface area (Å²) in [5.41, 5.74) is 2.09. The van der Waals surface area contributed by atoms with E-state index in [2.05, 4.69) is 0 Å². The number of imidazole rings is 1. The van der Waals surface area contributed by atoms with Crippen molar-refractivity contribution in [2.24, 2.45) is 14.1 Å². The summed E-state index contributed by atoms with van der Waals surface area (Å²) >= 11 is 6.27. The van der Waals surface area contributed by atoms with Gasteiger partial charge in [0.25, 0.3) is 0 Å². The number of halogens is 1. The second kappa shape index (κ2) is 4.93. The lowest BCUT2D eigenvalue weighted by molar-refractivity contribution is 0.587. The first-order chi connectivity index (χ1) is 9.14. The first kappa shape index (κ1) is 15.1. The van der Waals surface area contributed by atoms with Gasteiger partial charge in [-0.3, -0.25) is 9.13 Å². The summed E-state index contributed by atoms with van der Waals surface area (Å²) in [6.45, 7) is 1.58. The highest BCUT2D eigenvalue weighted by atomic mass is 35.5. The molecule has 0 N–H and O–H groups in total. The summed E-state index contributed by atoms with van der Waals surface area (Å²) in [6.07, 6.45) is 1.17. The third-order valence-electron chi connectivity index (χ3n) is 3.70. The SMILES string of the molecule is CC(C(Cl)c1ccc2c(c1)n(C)c(=O)n2C)S(C)(=O)=O. The molecular formula is C13H17ClN2O3S. The van der Waals surface area contributed by atoms with Crippen molar-refractivity contribution in [1.29, 1.82) is 0 Å². The molecule has 1 heterocycles. The smallest absolute Gasteiger partial charge is 0.295 e. The van der Waals surface area contributed by atoms with E-state index in [1.54, 1.807) is 43.8 Å². The molecule has 20 heavy (non-hydrogen) atoms. The molecule has 5 nitrogen and oxygen atoms in total. The molecule has 0 fully saturated rings. The first-order valence-corrected chi connectivity index (χ1v) is 8.52. The van der Waals surface area contributed by atoms with Gasteiger partial charge in [0.05, 0.1) is 21.7 Å². The molecular weight excluding hydrogens is 300 g/mol. The van der Waals surface area contributed by atoms with Crippen LogP contribution >= 0.6 is 11.6 Å². The van der Waals surface area contributed by atoms with Crippen molar-refractivity contribution in [3.8, 4) is 0 Å². The molecule has 0 saturated heterocycles. The molecule has 110 valence electrons. The zero-order valence-corrected chi connectivity index (χ0v) is 13.4. The van der Waals surface area contributed by atoms with Crippen molar-refractivity contribution in [2.75, 3.05) is 6.26 Å². The van der Waals surface area contributed by atoms with Crippen LogP contribution in [0.4, 0.5) is 0 Å². The second-order valence-electron chi connectivity index (χ2n) is 5.09. The van der Waals surface area contributed by atoms with E-state index >= 15 is 0 Å². The van der Waals surface area contributed by atoms with Gasteiger partial charge in [-0.15, -0.1) is 11.6 Å². The van der Waals surface area contributed by atoms with E-state index in [4.69, 9.17) is 11.6 Å². The maximum absolute atomic E-state index is 11.9. The number of rotatable bonds is 3. The van der Waals surface area contributed by atoms with Gasteiger partial charge in [0, 0.05) is 20.4 Å². The van der Waals surface area contributed by atoms with Crippen LogP contribution in [0.3, 0.4) is 0 Å². The minimum absolute atomic E-state index is 0.126. The Kier molecular flexibility index (Phi) is 3.73. The minimum atomic E-state index is -3.22. The van der Waals surface area contributed by atoms with E-state index in [0.717, 1.165) is 11.0 Å². The van der Waals surface area contributed by atoms with Gasteiger partial charge in [0.1, 0.15) is 0 Å². The van der Waals surface area contributed by atoms with Crippen LogP contribution in [0.15, 0.2) is 23.0 Å². The monoisotopic (exact) mass is 316 g/mol. The van der Waals surface area contributed by atoms with Crippen LogP contribution < -0.4 is 5.69 Å². The van der Waals surface area contributed by atoms with Crippen molar-refractivity contribution >= 4 is 32.5 Å². The third kappa shape index (κ3) is 2.38. The molecule has 0 amide bonds. The van der Waals surface area contributed by atoms with Crippen LogP contribution in [-0.4, -0.2) is 29.1 Å². The van der Waals surface area contributed by atoms with Crippen LogP contribution in [0.25, 0.3) is 11.0 Å². The molecule has 2 rings (SSSR count). The van der Waals surface area contributed by atoms with Gasteiger partial charge in [0.2, 0.25) is 0 Å². The van der Waals surface area contributed by atoms with Crippen molar-refractivity contribution in [1.82, 2.24) is 9.13 Å². The van der Waals surface area contributed by atoms with Gasteiger partial charge in [-0.05, 0) is 24.6 Å². The van der Waals surface area contributed by atoms with Gasteiger partial charge in [-0.2, -0.15) is 0 Å². The molecule has 0 spiro atoms. The first-order valence-electron chi connectivity index (χ1n) is 6.13. The van der Waals surface area contributed by atoms with E-state index in [-0.39, 0.29) is 5.69 Å². The molecule has 7 heteroatoms. The minimum Gasteiger partial charge on any atom is -0.295 e. The predicted molar refractivity (Wildman–Crippen MR) is 81.1 cm³/mol. The second-order valence-corrected chi connectivity index (χ2v) is 7.96. The molecule has 0 bridgehead atoms. The number of aromatic nitrogens is 2. The largest absolute Gasteiger partial charge is 0.328 e. The summed E-state index contributed by atoms with van der Waals surface area (Å²) in [5.74, 6) is 0. The Morgan fingerprint density at radius 1 is 1.15 bits per heavy atom. The van der Waals surface area contributed by atoms with Crippen LogP contribution in [0, 0.1) is 0 Å². The lowest BCUT2D eigenvalue weighted by Gasteiger charge is -2.16. The summed E-state index contributed by atoms with van der Waals surface area (Å²) in [5, 5.41) is -1.34. The normalized spacial score (nSPS) is 15.4. The summed E-state index contributed by atoms with van der Waals surface area (Å²) < 4.78 is 26.2. The number of sulfone groups is 1. The van der Waals surface area contributed by atoms with Gasteiger partial charge in [-0.25, -0.2) is 13.2 Å². The van der Waals surface area contributed by atoms with Gasteiger partial charge in [0.15, 0.2) is 9.84 Å². The lowest BCUT2D eigenvalue weighted by atomic mass is 10.1. The average Bonchev–Trinajstić information content (AvgIpc) is 2.61. The zero-order chi connectivity index (χ0) is 15.2. The third-order valence-corrected chi connectivity index (χ3v) is 6.10. The molecule has 0 saturated carbocycles. The molecule has 0 aliphatic heterocycles. The van der Waals surface area contributed by atoms with E-state index in [9.17, 15) is 13.2 Å². The van der Waals surface area contributed by atoms with Crippen molar-refractivity contribution < 1.29 is 8.42 Å². The van der Waals surface area contributed by atoms with Gasteiger partial charge in [-0.1, -0.05) is 6.07 Å². The Morgan fingerprint density at radius 2 is 1.70 bits per heavy atom. The van der Waals surface area contributed by atoms with Crippen LogP contribution in [-0.2, 0) is 23.9 Å². The molecule has 2 unspecified atom stereocenters. The standard InChI is InChI=1S/C13H17ClN2O3S/c1-8(20(4,18)19)12(14)9-5-6-10-11(7-9)16(3)13(17)15(10)2/h5-8,12H,1-4H3. The average molecular weight is 317 g/mol. The van der Waals surface area contributed by atoms with E-state index in [1.165, 1.54) is 10.8 Å². The molecule has 1 aromatic carbocycles. The molecule has 0 aliphatic carbocycles. The number of aryl methyl sites for hydroxylation is 2. The Hall–Kier alpha value is -1.27. The van der Waals surface area contributed by atoms with Gasteiger partial charge < -0.3 is 0 Å². The Morgan fingerprint density at radius 3 is 2.25 bits per heavy atom. The van der Waals surface area contributed by atoms with E-state index < -0.39 is 20.5 Å². The number of nitrogens with zero attached hydrogens (tertiary/aromatic N) is 2.